The highest BCUT2D eigenvalue weighted by molar-refractivity contribution is 7.90. The van der Waals surface area contributed by atoms with E-state index in [9.17, 15) is 18.0 Å². The van der Waals surface area contributed by atoms with Crippen LogP contribution in [0.15, 0.2) is 29.2 Å². The Morgan fingerprint density at radius 3 is 2.38 bits per heavy atom. The lowest BCUT2D eigenvalue weighted by atomic mass is 9.88. The summed E-state index contributed by atoms with van der Waals surface area (Å²) in [6, 6.07) is 6.40. The van der Waals surface area contributed by atoms with E-state index in [1.54, 1.807) is 12.1 Å². The summed E-state index contributed by atoms with van der Waals surface area (Å²) in [5.74, 6) is -0.281. The molecule has 1 saturated heterocycles. The van der Waals surface area contributed by atoms with E-state index >= 15 is 0 Å². The van der Waals surface area contributed by atoms with E-state index in [1.165, 1.54) is 12.1 Å². The maximum atomic E-state index is 12.2. The summed E-state index contributed by atoms with van der Waals surface area (Å²) in [7, 11) is -3.81. The summed E-state index contributed by atoms with van der Waals surface area (Å²) in [6.45, 7) is 6.51. The molecule has 1 aromatic carbocycles. The quantitative estimate of drug-likeness (QED) is 0.876. The van der Waals surface area contributed by atoms with E-state index < -0.39 is 15.9 Å². The van der Waals surface area contributed by atoms with Crippen molar-refractivity contribution in [2.75, 3.05) is 18.0 Å². The van der Waals surface area contributed by atoms with Crippen molar-refractivity contribution in [2.24, 2.45) is 11.8 Å². The number of amides is 1. The molecule has 24 heavy (non-hydrogen) atoms. The highest BCUT2D eigenvalue weighted by atomic mass is 32.2. The number of Topliss-reactive ketones (excluding diaryl/α,β-unsaturated/α-hetero) is 1. The van der Waals surface area contributed by atoms with E-state index in [-0.39, 0.29) is 22.5 Å². The van der Waals surface area contributed by atoms with Gasteiger partial charge in [-0.1, -0.05) is 13.8 Å². The van der Waals surface area contributed by atoms with Gasteiger partial charge in [-0.3, -0.25) is 9.59 Å². The average molecular weight is 352 g/mol. The molecule has 0 saturated carbocycles. The lowest BCUT2D eigenvalue weighted by Gasteiger charge is -2.34. The van der Waals surface area contributed by atoms with Crippen LogP contribution in [0.5, 0.6) is 0 Å². The molecule has 2 rings (SSSR count). The molecule has 6 nitrogen and oxygen atoms in total. The monoisotopic (exact) mass is 352 g/mol. The van der Waals surface area contributed by atoms with Crippen molar-refractivity contribution < 1.29 is 18.0 Å². The van der Waals surface area contributed by atoms with Crippen molar-refractivity contribution in [3.63, 3.8) is 0 Å². The molecule has 1 unspecified atom stereocenters. The van der Waals surface area contributed by atoms with Gasteiger partial charge in [0, 0.05) is 37.5 Å². The van der Waals surface area contributed by atoms with Gasteiger partial charge in [-0.15, -0.1) is 0 Å². The van der Waals surface area contributed by atoms with Crippen LogP contribution in [0.25, 0.3) is 0 Å². The summed E-state index contributed by atoms with van der Waals surface area (Å²) < 4.78 is 25.9. The molecule has 0 spiro atoms. The van der Waals surface area contributed by atoms with E-state index in [1.807, 2.05) is 18.6 Å². The molecule has 0 bridgehead atoms. The number of ketones is 1. The van der Waals surface area contributed by atoms with Gasteiger partial charge in [0.05, 0.1) is 4.90 Å². The first-order chi connectivity index (χ1) is 11.2. The van der Waals surface area contributed by atoms with Crippen LogP contribution >= 0.6 is 0 Å². The van der Waals surface area contributed by atoms with E-state index in [4.69, 9.17) is 0 Å². The minimum atomic E-state index is -3.81. The second-order valence-corrected chi connectivity index (χ2v) is 8.18. The van der Waals surface area contributed by atoms with E-state index in [0.717, 1.165) is 32.0 Å². The third kappa shape index (κ3) is 4.35. The Morgan fingerprint density at radius 1 is 1.21 bits per heavy atom. The molecule has 0 aromatic heterocycles. The van der Waals surface area contributed by atoms with Crippen LogP contribution in [0.4, 0.5) is 5.69 Å². The Kier molecular flexibility index (Phi) is 5.64. The number of sulfonamides is 1. The molecule has 0 radical (unpaired) electrons. The zero-order valence-corrected chi connectivity index (χ0v) is 15.1. The van der Waals surface area contributed by atoms with Gasteiger partial charge >= 0.3 is 0 Å². The third-order valence-electron chi connectivity index (χ3n) is 4.18. The Labute approximate surface area is 143 Å². The van der Waals surface area contributed by atoms with Gasteiger partial charge in [-0.2, -0.15) is 0 Å². The van der Waals surface area contributed by atoms with Gasteiger partial charge in [-0.25, -0.2) is 13.1 Å². The van der Waals surface area contributed by atoms with Crippen molar-refractivity contribution in [2.45, 2.75) is 38.5 Å². The number of nitrogens with zero attached hydrogens (tertiary/aromatic N) is 1. The van der Waals surface area contributed by atoms with Crippen LogP contribution in [0.2, 0.25) is 0 Å². The first-order valence-electron chi connectivity index (χ1n) is 8.13. The first kappa shape index (κ1) is 18.4. The molecule has 7 heteroatoms. The molecule has 132 valence electrons. The number of benzene rings is 1. The van der Waals surface area contributed by atoms with Crippen LogP contribution in [0.3, 0.4) is 0 Å². The number of anilines is 1. The Hall–Kier alpha value is -1.89. The van der Waals surface area contributed by atoms with Crippen molar-refractivity contribution in [1.82, 2.24) is 4.72 Å². The number of hydrogen-bond acceptors (Lipinski definition) is 5. The molecule has 1 N–H and O–H groups in total. The third-order valence-corrected chi connectivity index (χ3v) is 5.63. The van der Waals surface area contributed by atoms with Crippen molar-refractivity contribution in [1.29, 1.82) is 0 Å². The SMILES string of the molecule is CC(=O)NS(=O)(=O)c1ccc(N2CCCC(C(=O)C(C)C)C2)cc1. The van der Waals surface area contributed by atoms with Crippen LogP contribution in [-0.4, -0.2) is 33.2 Å². The zero-order chi connectivity index (χ0) is 17.9. The molecular weight excluding hydrogens is 328 g/mol. The van der Waals surface area contributed by atoms with Gasteiger partial charge < -0.3 is 4.90 Å². The number of hydrogen-bond donors (Lipinski definition) is 1. The Balaban J connectivity index is 2.13. The summed E-state index contributed by atoms with van der Waals surface area (Å²) in [6.07, 6.45) is 1.84. The fourth-order valence-electron chi connectivity index (χ4n) is 3.00. The molecule has 1 fully saturated rings. The maximum absolute atomic E-state index is 12.2. The van der Waals surface area contributed by atoms with Gasteiger partial charge in [0.2, 0.25) is 5.91 Å². The van der Waals surface area contributed by atoms with Gasteiger partial charge in [-0.05, 0) is 37.1 Å². The van der Waals surface area contributed by atoms with Crippen molar-refractivity contribution >= 4 is 27.4 Å². The second kappa shape index (κ2) is 7.34. The number of carbonyl (C=O) groups excluding carboxylic acids is 2. The van der Waals surface area contributed by atoms with Crippen molar-refractivity contribution in [3.8, 4) is 0 Å². The number of nitrogens with one attached hydrogen (secondary N) is 1. The average Bonchev–Trinajstić information content (AvgIpc) is 2.53. The topological polar surface area (TPSA) is 83.6 Å². The van der Waals surface area contributed by atoms with Crippen molar-refractivity contribution in [3.05, 3.63) is 24.3 Å². The lowest BCUT2D eigenvalue weighted by molar-refractivity contribution is -0.126. The fourth-order valence-corrected chi connectivity index (χ4v) is 3.99. The van der Waals surface area contributed by atoms with Gasteiger partial charge in [0.15, 0.2) is 0 Å². The Bertz CT molecular complexity index is 711. The predicted octanol–water partition coefficient (Wildman–Crippen LogP) is 1.95. The number of rotatable bonds is 5. The van der Waals surface area contributed by atoms with Gasteiger partial charge in [0.25, 0.3) is 10.0 Å². The van der Waals surface area contributed by atoms with Gasteiger partial charge in [0.1, 0.15) is 5.78 Å². The zero-order valence-electron chi connectivity index (χ0n) is 14.3. The summed E-state index contributed by atoms with van der Waals surface area (Å²) in [5, 5.41) is 0. The lowest BCUT2D eigenvalue weighted by Crippen LogP contribution is -2.40. The van der Waals surface area contributed by atoms with E-state index in [2.05, 4.69) is 4.90 Å². The molecular formula is C17H24N2O4S. The predicted molar refractivity (Wildman–Crippen MR) is 92.2 cm³/mol. The van der Waals surface area contributed by atoms with E-state index in [0.29, 0.717) is 6.54 Å². The smallest absolute Gasteiger partial charge is 0.264 e. The molecule has 1 heterocycles. The molecule has 1 aliphatic heterocycles. The highest BCUT2D eigenvalue weighted by Crippen LogP contribution is 2.26. The standard InChI is InChI=1S/C17H24N2O4S/c1-12(2)17(21)14-5-4-10-19(11-14)15-6-8-16(9-7-15)24(22,23)18-13(3)20/h6-9,12,14H,4-5,10-11H2,1-3H3,(H,18,20). The fraction of sp³-hybridized carbons (Fsp3) is 0.529. The highest BCUT2D eigenvalue weighted by Gasteiger charge is 2.27. The van der Waals surface area contributed by atoms with Crippen LogP contribution in [0.1, 0.15) is 33.6 Å². The molecule has 0 aliphatic carbocycles. The molecule has 1 aliphatic rings. The maximum Gasteiger partial charge on any atom is 0.264 e. The largest absolute Gasteiger partial charge is 0.371 e. The Morgan fingerprint density at radius 2 is 1.83 bits per heavy atom. The summed E-state index contributed by atoms with van der Waals surface area (Å²) >= 11 is 0. The summed E-state index contributed by atoms with van der Waals surface area (Å²) in [5.41, 5.74) is 0.887. The molecule has 1 atom stereocenters. The molecule has 1 aromatic rings. The minimum absolute atomic E-state index is 0.0279. The minimum Gasteiger partial charge on any atom is -0.371 e. The molecule has 1 amide bonds. The second-order valence-electron chi connectivity index (χ2n) is 6.50. The van der Waals surface area contributed by atoms with Crippen LogP contribution < -0.4 is 9.62 Å². The summed E-state index contributed by atoms with van der Waals surface area (Å²) in [4.78, 5) is 25.4. The number of carbonyl (C=O) groups is 2. The van der Waals surface area contributed by atoms with Crippen LogP contribution in [0, 0.1) is 11.8 Å². The normalized spacial score (nSPS) is 18.5. The first-order valence-corrected chi connectivity index (χ1v) is 9.61. The van der Waals surface area contributed by atoms with Crippen LogP contribution in [-0.2, 0) is 19.6 Å². The number of piperidine rings is 1.